The second kappa shape index (κ2) is 5.19. The molecule has 6 heteroatoms. The molecule has 1 aliphatic heterocycles. The second-order valence-corrected chi connectivity index (χ2v) is 8.98. The van der Waals surface area contributed by atoms with Crippen LogP contribution in [0.2, 0.25) is 0 Å². The van der Waals surface area contributed by atoms with Gasteiger partial charge in [-0.2, -0.15) is 17.4 Å². The summed E-state index contributed by atoms with van der Waals surface area (Å²) in [4.78, 5) is 0. The first kappa shape index (κ1) is 15.4. The Labute approximate surface area is 137 Å². The molecule has 0 radical (unpaired) electrons. The lowest BCUT2D eigenvalue weighted by Crippen LogP contribution is -2.52. The average Bonchev–Trinajstić information content (AvgIpc) is 2.86. The summed E-state index contributed by atoms with van der Waals surface area (Å²) >= 11 is 0. The smallest absolute Gasteiger partial charge is 0.280 e. The predicted molar refractivity (Wildman–Crippen MR) is 88.4 cm³/mol. The van der Waals surface area contributed by atoms with E-state index < -0.39 is 10.2 Å². The molecule has 1 aromatic rings. The van der Waals surface area contributed by atoms with Crippen molar-refractivity contribution in [1.82, 2.24) is 9.03 Å². The van der Waals surface area contributed by atoms with E-state index in [0.29, 0.717) is 30.7 Å². The van der Waals surface area contributed by atoms with Crippen molar-refractivity contribution < 1.29 is 13.5 Å². The number of nitrogens with one attached hydrogen (secondary N) is 1. The molecule has 0 amide bonds. The molecule has 0 aromatic heterocycles. The zero-order valence-corrected chi connectivity index (χ0v) is 14.3. The third kappa shape index (κ3) is 2.30. The van der Waals surface area contributed by atoms with Crippen LogP contribution in [0.25, 0.3) is 0 Å². The van der Waals surface area contributed by atoms with Crippen molar-refractivity contribution in [1.29, 1.82) is 0 Å². The minimum atomic E-state index is -3.36. The number of aromatic hydroxyl groups is 1. The topological polar surface area (TPSA) is 69.6 Å². The van der Waals surface area contributed by atoms with E-state index in [1.165, 1.54) is 11.1 Å². The fourth-order valence-corrected chi connectivity index (χ4v) is 6.75. The lowest BCUT2D eigenvalue weighted by Gasteiger charge is -2.33. The van der Waals surface area contributed by atoms with E-state index in [1.54, 1.807) is 10.4 Å². The van der Waals surface area contributed by atoms with E-state index in [-0.39, 0.29) is 5.54 Å². The first-order valence-corrected chi connectivity index (χ1v) is 9.98. The summed E-state index contributed by atoms with van der Waals surface area (Å²) in [7, 11) is -3.36. The van der Waals surface area contributed by atoms with Crippen LogP contribution in [0, 0.1) is 11.8 Å². The Morgan fingerprint density at radius 1 is 1.26 bits per heavy atom. The van der Waals surface area contributed by atoms with E-state index in [4.69, 9.17) is 0 Å². The van der Waals surface area contributed by atoms with Crippen molar-refractivity contribution in [2.45, 2.75) is 44.6 Å². The second-order valence-electron chi connectivity index (χ2n) is 7.31. The highest BCUT2D eigenvalue weighted by Gasteiger charge is 2.59. The molecular formula is C17H24N2O3S. The lowest BCUT2D eigenvalue weighted by atomic mass is 9.79. The summed E-state index contributed by atoms with van der Waals surface area (Å²) in [5.74, 6) is 0.956. The van der Waals surface area contributed by atoms with Crippen LogP contribution in [0.15, 0.2) is 18.2 Å². The third-order valence-electron chi connectivity index (χ3n) is 6.01. The van der Waals surface area contributed by atoms with Gasteiger partial charge in [-0.25, -0.2) is 0 Å². The maximum Gasteiger partial charge on any atom is 0.280 e. The SMILES string of the molecule is CCCN1C[C@]2(NS1(=O)=O)[C@@H]1CC[C@H]2Cc2ccc(O)cc2C1. The minimum absolute atomic E-state index is 0.301. The molecule has 3 aliphatic rings. The summed E-state index contributed by atoms with van der Waals surface area (Å²) < 4.78 is 29.8. The van der Waals surface area contributed by atoms with Gasteiger partial charge >= 0.3 is 0 Å². The molecule has 2 aliphatic carbocycles. The van der Waals surface area contributed by atoms with Crippen molar-refractivity contribution in [2.24, 2.45) is 11.8 Å². The summed E-state index contributed by atoms with van der Waals surface area (Å²) in [6.45, 7) is 3.20. The van der Waals surface area contributed by atoms with Gasteiger partial charge in [0.2, 0.25) is 0 Å². The maximum atomic E-state index is 12.6. The number of nitrogens with zero attached hydrogens (tertiary/aromatic N) is 1. The van der Waals surface area contributed by atoms with Gasteiger partial charge in [-0.05, 0) is 67.2 Å². The fourth-order valence-electron chi connectivity index (χ4n) is 4.94. The molecule has 1 spiro atoms. The Morgan fingerprint density at radius 2 is 1.96 bits per heavy atom. The van der Waals surface area contributed by atoms with Gasteiger partial charge in [0.15, 0.2) is 0 Å². The largest absolute Gasteiger partial charge is 0.508 e. The van der Waals surface area contributed by atoms with Gasteiger partial charge in [0, 0.05) is 13.1 Å². The molecule has 4 rings (SSSR count). The van der Waals surface area contributed by atoms with Crippen molar-refractivity contribution in [2.75, 3.05) is 13.1 Å². The molecule has 1 aromatic carbocycles. The molecule has 2 bridgehead atoms. The van der Waals surface area contributed by atoms with Gasteiger partial charge < -0.3 is 5.11 Å². The molecular weight excluding hydrogens is 312 g/mol. The summed E-state index contributed by atoms with van der Waals surface area (Å²) in [6.07, 6.45) is 4.72. The van der Waals surface area contributed by atoms with E-state index >= 15 is 0 Å². The Hall–Kier alpha value is -1.11. The van der Waals surface area contributed by atoms with Crippen LogP contribution in [-0.2, 0) is 23.1 Å². The van der Waals surface area contributed by atoms with E-state index in [9.17, 15) is 13.5 Å². The van der Waals surface area contributed by atoms with Gasteiger partial charge in [-0.15, -0.1) is 0 Å². The van der Waals surface area contributed by atoms with Crippen molar-refractivity contribution in [3.63, 3.8) is 0 Å². The lowest BCUT2D eigenvalue weighted by molar-refractivity contribution is 0.213. The van der Waals surface area contributed by atoms with Crippen LogP contribution in [0.5, 0.6) is 5.75 Å². The number of rotatable bonds is 2. The molecule has 2 N–H and O–H groups in total. The van der Waals surface area contributed by atoms with Crippen molar-refractivity contribution in [3.8, 4) is 5.75 Å². The Kier molecular flexibility index (Phi) is 3.48. The molecule has 126 valence electrons. The number of benzene rings is 1. The van der Waals surface area contributed by atoms with Crippen LogP contribution in [0.4, 0.5) is 0 Å². The van der Waals surface area contributed by atoms with E-state index in [1.807, 2.05) is 19.1 Å². The number of phenolic OH excluding ortho intramolecular Hbond substituents is 1. The zero-order valence-electron chi connectivity index (χ0n) is 13.5. The third-order valence-corrected chi connectivity index (χ3v) is 7.64. The highest BCUT2D eigenvalue weighted by Crippen LogP contribution is 2.50. The minimum Gasteiger partial charge on any atom is -0.508 e. The predicted octanol–water partition coefficient (Wildman–Crippen LogP) is 1.82. The molecule has 0 unspecified atom stereocenters. The number of hydrogen-bond acceptors (Lipinski definition) is 3. The molecule has 1 saturated carbocycles. The number of hydrogen-bond donors (Lipinski definition) is 2. The van der Waals surface area contributed by atoms with Crippen LogP contribution >= 0.6 is 0 Å². The average molecular weight is 336 g/mol. The zero-order chi connectivity index (χ0) is 16.2. The summed E-state index contributed by atoms with van der Waals surface area (Å²) in [5.41, 5.74) is 2.12. The quantitative estimate of drug-likeness (QED) is 0.865. The Bertz CT molecular complexity index is 733. The number of phenols is 1. The summed E-state index contributed by atoms with van der Waals surface area (Å²) in [6, 6.07) is 5.61. The van der Waals surface area contributed by atoms with Gasteiger partial charge in [0.25, 0.3) is 10.2 Å². The highest BCUT2D eigenvalue weighted by molar-refractivity contribution is 7.87. The summed E-state index contributed by atoms with van der Waals surface area (Å²) in [5, 5.41) is 9.78. The molecule has 5 nitrogen and oxygen atoms in total. The highest BCUT2D eigenvalue weighted by atomic mass is 32.2. The van der Waals surface area contributed by atoms with Crippen LogP contribution in [0.1, 0.15) is 37.3 Å². The van der Waals surface area contributed by atoms with Gasteiger partial charge in [0.1, 0.15) is 5.75 Å². The number of fused-ring (bicyclic) bond motifs is 1. The molecule has 3 atom stereocenters. The van der Waals surface area contributed by atoms with E-state index in [0.717, 1.165) is 32.1 Å². The molecule has 23 heavy (non-hydrogen) atoms. The molecule has 1 saturated heterocycles. The van der Waals surface area contributed by atoms with Crippen LogP contribution < -0.4 is 4.72 Å². The molecule has 2 fully saturated rings. The van der Waals surface area contributed by atoms with Crippen molar-refractivity contribution in [3.05, 3.63) is 29.3 Å². The first-order chi connectivity index (χ1) is 10.9. The van der Waals surface area contributed by atoms with Crippen LogP contribution in [0.3, 0.4) is 0 Å². The monoisotopic (exact) mass is 336 g/mol. The van der Waals surface area contributed by atoms with Crippen molar-refractivity contribution >= 4 is 10.2 Å². The van der Waals surface area contributed by atoms with Gasteiger partial charge in [-0.1, -0.05) is 13.0 Å². The normalized spacial score (nSPS) is 35.3. The maximum absolute atomic E-state index is 12.6. The van der Waals surface area contributed by atoms with Crippen LogP contribution in [-0.4, -0.2) is 36.5 Å². The fraction of sp³-hybridized carbons (Fsp3) is 0.647. The Morgan fingerprint density at radius 3 is 2.65 bits per heavy atom. The first-order valence-electron chi connectivity index (χ1n) is 8.54. The Balaban J connectivity index is 1.73. The van der Waals surface area contributed by atoms with Gasteiger partial charge in [0.05, 0.1) is 5.54 Å². The van der Waals surface area contributed by atoms with E-state index in [2.05, 4.69) is 4.72 Å². The molecule has 1 heterocycles. The standard InChI is InChI=1S/C17H24N2O3S/c1-2-7-19-11-17(18-23(19,21)22)14-4-5-15(17)9-13-10-16(20)6-3-12(13)8-14/h3,6,10,14-15,18,20H,2,4-5,7-9,11H2,1H3/t14-,15+,17+/m0/s1. The van der Waals surface area contributed by atoms with Gasteiger partial charge in [-0.3, -0.25) is 0 Å².